The number of rotatable bonds is 3. The Labute approximate surface area is 126 Å². The van der Waals surface area contributed by atoms with E-state index in [1.165, 1.54) is 6.07 Å². The predicted octanol–water partition coefficient (Wildman–Crippen LogP) is 3.40. The molecule has 0 fully saturated rings. The maximum atomic E-state index is 12.5. The van der Waals surface area contributed by atoms with Gasteiger partial charge in [0.1, 0.15) is 5.75 Å². The highest BCUT2D eigenvalue weighted by atomic mass is 79.9. The van der Waals surface area contributed by atoms with Crippen LogP contribution in [0.15, 0.2) is 46.9 Å². The van der Waals surface area contributed by atoms with Crippen molar-refractivity contribution in [3.05, 3.63) is 52.5 Å². The Bertz CT molecular complexity index is 626. The lowest BCUT2D eigenvalue weighted by Crippen LogP contribution is -2.30. The van der Waals surface area contributed by atoms with Crippen molar-refractivity contribution in [3.8, 4) is 5.75 Å². The zero-order valence-corrected chi connectivity index (χ0v) is 12.6. The highest BCUT2D eigenvalue weighted by molar-refractivity contribution is 9.10. The van der Waals surface area contributed by atoms with Crippen LogP contribution in [0.3, 0.4) is 0 Å². The van der Waals surface area contributed by atoms with Crippen molar-refractivity contribution >= 4 is 33.2 Å². The standard InChI is InChI=1S/C15H15BrN2O2/c1-2-18(12-6-4-11(17)5-7-12)15(20)13-8-3-10(16)9-14(13)19/h3-9,19H,2,17H2,1H3. The van der Waals surface area contributed by atoms with Gasteiger partial charge in [-0.15, -0.1) is 0 Å². The molecule has 0 aliphatic heterocycles. The van der Waals surface area contributed by atoms with Crippen LogP contribution >= 0.6 is 15.9 Å². The molecule has 0 aliphatic carbocycles. The maximum absolute atomic E-state index is 12.5. The molecule has 0 radical (unpaired) electrons. The summed E-state index contributed by atoms with van der Waals surface area (Å²) in [4.78, 5) is 14.1. The van der Waals surface area contributed by atoms with E-state index in [2.05, 4.69) is 15.9 Å². The smallest absolute Gasteiger partial charge is 0.262 e. The van der Waals surface area contributed by atoms with Crippen LogP contribution in [0, 0.1) is 0 Å². The lowest BCUT2D eigenvalue weighted by molar-refractivity contribution is 0.0985. The Morgan fingerprint density at radius 3 is 2.45 bits per heavy atom. The number of carbonyl (C=O) groups excluding carboxylic acids is 1. The molecule has 20 heavy (non-hydrogen) atoms. The van der Waals surface area contributed by atoms with Crippen molar-refractivity contribution in [2.75, 3.05) is 17.2 Å². The molecule has 1 amide bonds. The summed E-state index contributed by atoms with van der Waals surface area (Å²) >= 11 is 3.25. The van der Waals surface area contributed by atoms with Gasteiger partial charge < -0.3 is 15.7 Å². The molecular formula is C15H15BrN2O2. The van der Waals surface area contributed by atoms with E-state index in [9.17, 15) is 9.90 Å². The highest BCUT2D eigenvalue weighted by Gasteiger charge is 2.19. The van der Waals surface area contributed by atoms with E-state index in [1.54, 1.807) is 41.3 Å². The number of nitrogens with zero attached hydrogens (tertiary/aromatic N) is 1. The zero-order valence-electron chi connectivity index (χ0n) is 11.0. The third kappa shape index (κ3) is 2.93. The summed E-state index contributed by atoms with van der Waals surface area (Å²) in [6.07, 6.45) is 0. The Morgan fingerprint density at radius 1 is 1.25 bits per heavy atom. The van der Waals surface area contributed by atoms with Gasteiger partial charge in [-0.25, -0.2) is 0 Å². The fraction of sp³-hybridized carbons (Fsp3) is 0.133. The summed E-state index contributed by atoms with van der Waals surface area (Å²) < 4.78 is 0.724. The van der Waals surface area contributed by atoms with E-state index in [-0.39, 0.29) is 17.2 Å². The number of amides is 1. The first-order chi connectivity index (χ1) is 9.52. The molecular weight excluding hydrogens is 320 g/mol. The molecule has 2 aromatic carbocycles. The Kier molecular flexibility index (Phi) is 4.29. The number of nitrogen functional groups attached to an aromatic ring is 1. The van der Waals surface area contributed by atoms with Gasteiger partial charge in [-0.3, -0.25) is 4.79 Å². The molecule has 0 aliphatic rings. The van der Waals surface area contributed by atoms with E-state index < -0.39 is 0 Å². The fourth-order valence-corrected chi connectivity index (χ4v) is 2.28. The molecule has 0 aromatic heterocycles. The monoisotopic (exact) mass is 334 g/mol. The number of benzene rings is 2. The van der Waals surface area contributed by atoms with Crippen molar-refractivity contribution < 1.29 is 9.90 Å². The van der Waals surface area contributed by atoms with Gasteiger partial charge in [-0.05, 0) is 49.4 Å². The lowest BCUT2D eigenvalue weighted by Gasteiger charge is -2.21. The first kappa shape index (κ1) is 14.4. The number of anilines is 2. The molecule has 0 bridgehead atoms. The van der Waals surface area contributed by atoms with Crippen molar-refractivity contribution in [2.45, 2.75) is 6.92 Å². The molecule has 0 unspecified atom stereocenters. The first-order valence-electron chi connectivity index (χ1n) is 6.19. The second-order valence-corrected chi connectivity index (χ2v) is 5.22. The topological polar surface area (TPSA) is 66.6 Å². The molecule has 0 heterocycles. The van der Waals surface area contributed by atoms with Crippen molar-refractivity contribution in [1.29, 1.82) is 0 Å². The van der Waals surface area contributed by atoms with Crippen LogP contribution < -0.4 is 10.6 Å². The number of phenols is 1. The first-order valence-corrected chi connectivity index (χ1v) is 6.98. The number of hydrogen-bond acceptors (Lipinski definition) is 3. The van der Waals surface area contributed by atoms with E-state index >= 15 is 0 Å². The minimum atomic E-state index is -0.248. The second-order valence-electron chi connectivity index (χ2n) is 4.30. The Hall–Kier alpha value is -2.01. The van der Waals surface area contributed by atoms with Gasteiger partial charge in [0.2, 0.25) is 0 Å². The van der Waals surface area contributed by atoms with Gasteiger partial charge in [-0.2, -0.15) is 0 Å². The van der Waals surface area contributed by atoms with Gasteiger partial charge in [-0.1, -0.05) is 15.9 Å². The van der Waals surface area contributed by atoms with Crippen molar-refractivity contribution in [3.63, 3.8) is 0 Å². The Balaban J connectivity index is 2.36. The third-order valence-electron chi connectivity index (χ3n) is 2.96. The fourth-order valence-electron chi connectivity index (χ4n) is 1.93. The second kappa shape index (κ2) is 5.96. The van der Waals surface area contributed by atoms with E-state index in [0.29, 0.717) is 12.2 Å². The molecule has 2 aromatic rings. The molecule has 5 heteroatoms. The summed E-state index contributed by atoms with van der Waals surface area (Å²) in [5, 5.41) is 9.90. The minimum Gasteiger partial charge on any atom is -0.507 e. The SMILES string of the molecule is CCN(C(=O)c1ccc(Br)cc1O)c1ccc(N)cc1. The third-order valence-corrected chi connectivity index (χ3v) is 3.45. The summed E-state index contributed by atoms with van der Waals surface area (Å²) in [6.45, 7) is 2.38. The van der Waals surface area contributed by atoms with E-state index in [4.69, 9.17) is 5.73 Å². The van der Waals surface area contributed by atoms with Crippen LogP contribution in [0.4, 0.5) is 11.4 Å². The molecule has 3 N–H and O–H groups in total. The average molecular weight is 335 g/mol. The Morgan fingerprint density at radius 2 is 1.90 bits per heavy atom. The average Bonchev–Trinajstić information content (AvgIpc) is 2.41. The van der Waals surface area contributed by atoms with Crippen LogP contribution in [-0.2, 0) is 0 Å². The highest BCUT2D eigenvalue weighted by Crippen LogP contribution is 2.26. The largest absolute Gasteiger partial charge is 0.507 e. The molecule has 4 nitrogen and oxygen atoms in total. The molecule has 0 spiro atoms. The van der Waals surface area contributed by atoms with Crippen LogP contribution in [0.1, 0.15) is 17.3 Å². The maximum Gasteiger partial charge on any atom is 0.262 e. The quantitative estimate of drug-likeness (QED) is 0.845. The van der Waals surface area contributed by atoms with Gasteiger partial charge >= 0.3 is 0 Å². The number of halogens is 1. The molecule has 0 atom stereocenters. The predicted molar refractivity (Wildman–Crippen MR) is 84.0 cm³/mol. The number of aromatic hydroxyl groups is 1. The van der Waals surface area contributed by atoms with Crippen LogP contribution in [0.5, 0.6) is 5.75 Å². The van der Waals surface area contributed by atoms with E-state index in [1.807, 2.05) is 6.92 Å². The number of carbonyl (C=O) groups is 1. The lowest BCUT2D eigenvalue weighted by atomic mass is 10.1. The number of nitrogens with two attached hydrogens (primary N) is 1. The summed E-state index contributed by atoms with van der Waals surface area (Å²) in [6, 6.07) is 11.9. The van der Waals surface area contributed by atoms with Crippen molar-refractivity contribution in [1.82, 2.24) is 0 Å². The molecule has 104 valence electrons. The molecule has 0 saturated carbocycles. The summed E-state index contributed by atoms with van der Waals surface area (Å²) in [5.41, 5.74) is 7.30. The van der Waals surface area contributed by atoms with Gasteiger partial charge in [0.15, 0.2) is 0 Å². The van der Waals surface area contributed by atoms with Crippen LogP contribution in [0.25, 0.3) is 0 Å². The zero-order chi connectivity index (χ0) is 14.7. The van der Waals surface area contributed by atoms with Gasteiger partial charge in [0, 0.05) is 22.4 Å². The van der Waals surface area contributed by atoms with Crippen LogP contribution in [-0.4, -0.2) is 17.6 Å². The number of hydrogen-bond donors (Lipinski definition) is 2. The summed E-state index contributed by atoms with van der Waals surface area (Å²) in [7, 11) is 0. The molecule has 0 saturated heterocycles. The van der Waals surface area contributed by atoms with Crippen LogP contribution in [0.2, 0.25) is 0 Å². The van der Waals surface area contributed by atoms with Gasteiger partial charge in [0.05, 0.1) is 5.56 Å². The van der Waals surface area contributed by atoms with Gasteiger partial charge in [0.25, 0.3) is 5.91 Å². The summed E-state index contributed by atoms with van der Waals surface area (Å²) in [5.74, 6) is -0.291. The molecule has 2 rings (SSSR count). The number of phenolic OH excluding ortho intramolecular Hbond substituents is 1. The normalized spacial score (nSPS) is 10.3. The van der Waals surface area contributed by atoms with E-state index in [0.717, 1.165) is 10.2 Å². The van der Waals surface area contributed by atoms with Crippen molar-refractivity contribution in [2.24, 2.45) is 0 Å². The minimum absolute atomic E-state index is 0.0433.